The number of halogens is 3. The average molecular weight is 1020 g/mol. The first kappa shape index (κ1) is 55.4. The molecule has 3 aliphatic heterocycles. The Morgan fingerprint density at radius 2 is 0.672 bits per heavy atom. The fourth-order valence-corrected chi connectivity index (χ4v) is 55.7. The van der Waals surface area contributed by atoms with Gasteiger partial charge in [-0.25, -0.2) is 4.11 Å². The van der Waals surface area contributed by atoms with Gasteiger partial charge in [-0.1, -0.05) is 0 Å². The summed E-state index contributed by atoms with van der Waals surface area (Å²) in [5, 5.41) is 27.4. The molecule has 0 spiro atoms. The molecule has 346 valence electrons. The number of ether oxygens (including phenoxy) is 3. The van der Waals surface area contributed by atoms with E-state index in [0.717, 1.165) is 0 Å². The molecule has 4 bridgehead atoms. The highest BCUT2D eigenvalue weighted by molar-refractivity contribution is 6.99. The minimum absolute atomic E-state index is 0.0656. The Morgan fingerprint density at radius 1 is 0.414 bits per heavy atom. The van der Waals surface area contributed by atoms with Crippen LogP contribution in [0.25, 0.3) is 0 Å². The van der Waals surface area contributed by atoms with E-state index in [2.05, 4.69) is 0 Å². The highest BCUT2D eigenvalue weighted by Crippen LogP contribution is 2.44. The van der Waals surface area contributed by atoms with Gasteiger partial charge in [0.25, 0.3) is 0 Å². The van der Waals surface area contributed by atoms with Gasteiger partial charge in [0, 0.05) is 68.3 Å². The predicted octanol–water partition coefficient (Wildman–Crippen LogP) is 4.70. The Kier molecular flexibility index (Phi) is 21.9. The van der Waals surface area contributed by atoms with E-state index in [1.807, 2.05) is 39.3 Å². The van der Waals surface area contributed by atoms with Crippen molar-refractivity contribution >= 4 is 86.9 Å². The smallest absolute Gasteiger partial charge is 0.417 e. The predicted molar refractivity (Wildman–Crippen MR) is 226 cm³/mol. The van der Waals surface area contributed by atoms with E-state index in [4.69, 9.17) is 88.1 Å². The second-order valence-electron chi connectivity index (χ2n) is 16.5. The van der Waals surface area contributed by atoms with Crippen molar-refractivity contribution in [2.45, 2.75) is 116 Å². The number of rotatable bonds is 24. The van der Waals surface area contributed by atoms with Gasteiger partial charge in [0.15, 0.2) is 25.0 Å². The van der Waals surface area contributed by atoms with Gasteiger partial charge in [-0.15, -0.1) is 0 Å². The average Bonchev–Trinajstić information content (AvgIpc) is 3.00. The van der Waals surface area contributed by atoms with Crippen LogP contribution in [-0.4, -0.2) is 162 Å². The van der Waals surface area contributed by atoms with Gasteiger partial charge >= 0.3 is 62.0 Å². The molecule has 0 saturated carbocycles. The van der Waals surface area contributed by atoms with Crippen LogP contribution in [0.1, 0.15) is 19.3 Å². The molecule has 3 heterocycles. The molecule has 0 aromatic carbocycles. The summed E-state index contributed by atoms with van der Waals surface area (Å²) in [6.07, 6.45) is 1.89. The molecule has 18 nitrogen and oxygen atoms in total. The Hall–Kier alpha value is 1.24. The molecule has 31 heteroatoms. The standard InChI is InChI=1S/C27H69FO18Si10.F2/c1-47(2,25-13-19-32-22-16-29)35-50(7)38-52(9)39-51(8,36-48(3,4)26-14-20-33-23-17-30)41-55(12)44-53(10,42-52)43-54(11,40-50)45-56(28,46-55)37-49(5,6)27-15-21-34-24-18-31;1-2/h29-31H,13-27H2,1-12H3;. The number of fused-ring (bicyclic) bond motifs is 3. The molecule has 0 radical (unpaired) electrons. The van der Waals surface area contributed by atoms with Crippen molar-refractivity contribution in [1.29, 1.82) is 0 Å². The summed E-state index contributed by atoms with van der Waals surface area (Å²) in [5.74, 6) is 0. The molecule has 0 aromatic rings. The quantitative estimate of drug-likeness (QED) is 0.0683. The molecular weight excluding hydrogens is 950 g/mol. The second-order valence-corrected chi connectivity index (χ2v) is 49.6. The lowest BCUT2D eigenvalue weighted by atomic mass is 10.5. The van der Waals surface area contributed by atoms with Crippen molar-refractivity contribution in [3.8, 4) is 0 Å². The van der Waals surface area contributed by atoms with Crippen LogP contribution in [0.5, 0.6) is 0 Å². The molecule has 3 rings (SSSR count). The minimum atomic E-state index is -5.28. The molecular formula is C27H69F3O18Si10. The summed E-state index contributed by atoms with van der Waals surface area (Å²) in [6.45, 7) is 23.4. The second kappa shape index (κ2) is 22.9. The third-order valence-electron chi connectivity index (χ3n) is 8.44. The van der Waals surface area contributed by atoms with Gasteiger partial charge in [-0.05, 0) is 76.7 Å². The first-order valence-corrected chi connectivity index (χ1v) is 43.8. The SMILES string of the molecule is C[Si](C)(CCCOCCO)O[Si]1(C)O[Si]2(C)O[Si](C)(O[Si](C)(C)CCCOCCO)O[Si]3(C)O[Si](C)(O2)O[Si](C)(O1)O[Si](F)(O[Si](C)(C)CCCOCCO)O3.FF. The molecule has 4 atom stereocenters. The van der Waals surface area contributed by atoms with Crippen LogP contribution in [0.3, 0.4) is 0 Å². The van der Waals surface area contributed by atoms with Crippen LogP contribution in [0.2, 0.25) is 96.7 Å². The molecule has 3 saturated heterocycles. The van der Waals surface area contributed by atoms with Gasteiger partial charge in [0.2, 0.25) is 0 Å². The topological polar surface area (TPSA) is 199 Å². The molecule has 3 N–H and O–H groups in total. The number of aliphatic hydroxyl groups is 3. The maximum Gasteiger partial charge on any atom is 0.694 e. The summed E-state index contributed by atoms with van der Waals surface area (Å²) in [7, 11) is -37.6. The van der Waals surface area contributed by atoms with Crippen molar-refractivity contribution in [1.82, 2.24) is 0 Å². The molecule has 58 heavy (non-hydrogen) atoms. The molecule has 0 amide bonds. The normalized spacial score (nSPS) is 34.7. The first-order valence-electron chi connectivity index (χ1n) is 19.5. The lowest BCUT2D eigenvalue weighted by Gasteiger charge is -2.55. The Morgan fingerprint density at radius 3 is 0.966 bits per heavy atom. The summed E-state index contributed by atoms with van der Waals surface area (Å²) in [6, 6.07) is 1.80. The zero-order chi connectivity index (χ0) is 44.2. The molecule has 0 aliphatic carbocycles. The van der Waals surface area contributed by atoms with Crippen LogP contribution in [0.4, 0.5) is 13.3 Å². The van der Waals surface area contributed by atoms with Gasteiger partial charge in [0.1, 0.15) is 0 Å². The van der Waals surface area contributed by atoms with Crippen molar-refractivity contribution < 1.29 is 92.2 Å². The van der Waals surface area contributed by atoms with Crippen LogP contribution in [0, 0.1) is 0 Å². The van der Waals surface area contributed by atoms with Crippen LogP contribution >= 0.6 is 0 Å². The minimum Gasteiger partial charge on any atom is -0.417 e. The van der Waals surface area contributed by atoms with E-state index in [-0.39, 0.29) is 39.6 Å². The largest absolute Gasteiger partial charge is 0.694 e. The lowest BCUT2D eigenvalue weighted by Crippen LogP contribution is -2.81. The zero-order valence-corrected chi connectivity index (χ0v) is 46.2. The zero-order valence-electron chi connectivity index (χ0n) is 36.2. The monoisotopic (exact) mass is 1020 g/mol. The third-order valence-corrected chi connectivity index (χ3v) is 49.4. The van der Waals surface area contributed by atoms with E-state index in [1.165, 1.54) is 0 Å². The van der Waals surface area contributed by atoms with Crippen molar-refractivity contribution in [3.63, 3.8) is 0 Å². The molecule has 3 fully saturated rings. The van der Waals surface area contributed by atoms with E-state index in [1.54, 1.807) is 39.3 Å². The Labute approximate surface area is 353 Å². The van der Waals surface area contributed by atoms with Crippen molar-refractivity contribution in [2.24, 2.45) is 0 Å². The summed E-state index contributed by atoms with van der Waals surface area (Å²) in [5.41, 5.74) is 0. The fraction of sp³-hybridized carbons (Fsp3) is 1.00. The van der Waals surface area contributed by atoms with Crippen LogP contribution < -0.4 is 0 Å². The van der Waals surface area contributed by atoms with Gasteiger partial charge in [-0.2, -0.15) is 0 Å². The highest BCUT2D eigenvalue weighted by atomic mass is 28.6. The highest BCUT2D eigenvalue weighted by Gasteiger charge is 2.75. The summed E-state index contributed by atoms with van der Waals surface area (Å²) in [4.78, 5) is 0. The maximum absolute atomic E-state index is 18.0. The van der Waals surface area contributed by atoms with Gasteiger partial charge < -0.3 is 78.9 Å². The Bertz CT molecular complexity index is 1080. The molecule has 3 aliphatic rings. The maximum atomic E-state index is 18.0. The van der Waals surface area contributed by atoms with E-state index in [9.17, 15) is 0 Å². The summed E-state index contributed by atoms with van der Waals surface area (Å²) >= 11 is 0. The third kappa shape index (κ3) is 19.1. The van der Waals surface area contributed by atoms with E-state index in [0.29, 0.717) is 57.2 Å². The Balaban J connectivity index is 0.00000571. The van der Waals surface area contributed by atoms with Crippen LogP contribution in [-0.2, 0) is 63.6 Å². The van der Waals surface area contributed by atoms with Crippen molar-refractivity contribution in [2.75, 3.05) is 59.5 Å². The first-order chi connectivity index (χ1) is 26.7. The molecule has 4 unspecified atom stereocenters. The number of hydrogen-bond donors (Lipinski definition) is 3. The lowest BCUT2D eigenvalue weighted by molar-refractivity contribution is 0.0125. The molecule has 0 aromatic heterocycles. The summed E-state index contributed by atoms with van der Waals surface area (Å²) < 4.78 is 131. The fourth-order valence-electron chi connectivity index (χ4n) is 7.02. The van der Waals surface area contributed by atoms with Crippen molar-refractivity contribution in [3.05, 3.63) is 0 Å². The number of hydrogen-bond acceptors (Lipinski definition) is 18. The number of aliphatic hydroxyl groups excluding tert-OH is 3. The van der Waals surface area contributed by atoms with Gasteiger partial charge in [0.05, 0.1) is 39.6 Å². The van der Waals surface area contributed by atoms with Gasteiger partial charge in [-0.3, -0.25) is 0 Å². The van der Waals surface area contributed by atoms with E-state index < -0.39 is 86.9 Å². The van der Waals surface area contributed by atoms with E-state index >= 15 is 4.11 Å². The van der Waals surface area contributed by atoms with Crippen LogP contribution in [0.15, 0.2) is 0 Å².